The number of benzene rings is 2. The third-order valence-electron chi connectivity index (χ3n) is 5.21. The van der Waals surface area contributed by atoms with Crippen LogP contribution in [0.15, 0.2) is 79.3 Å². The predicted octanol–water partition coefficient (Wildman–Crippen LogP) is 3.60. The molecule has 2 aromatic carbocycles. The SMILES string of the molecule is COc1ccccc1C1=C(c2cn(-c3cccnc3)c3ccccc23)C(=O)NC1=O. The molecule has 5 rings (SSSR count). The van der Waals surface area contributed by atoms with Crippen LogP contribution < -0.4 is 10.1 Å². The molecule has 4 aromatic rings. The lowest BCUT2D eigenvalue weighted by Gasteiger charge is -2.09. The number of fused-ring (bicyclic) bond motifs is 1. The van der Waals surface area contributed by atoms with Crippen LogP contribution in [0.5, 0.6) is 5.75 Å². The van der Waals surface area contributed by atoms with Crippen LogP contribution in [-0.2, 0) is 9.59 Å². The normalized spacial score (nSPS) is 13.8. The molecule has 146 valence electrons. The van der Waals surface area contributed by atoms with Crippen molar-refractivity contribution in [1.29, 1.82) is 0 Å². The molecule has 2 aromatic heterocycles. The van der Waals surface area contributed by atoms with E-state index in [0.29, 0.717) is 28.0 Å². The van der Waals surface area contributed by atoms with E-state index in [1.165, 1.54) is 0 Å². The van der Waals surface area contributed by atoms with Crippen LogP contribution in [0.2, 0.25) is 0 Å². The fourth-order valence-corrected chi connectivity index (χ4v) is 3.91. The van der Waals surface area contributed by atoms with Crippen molar-refractivity contribution >= 4 is 33.9 Å². The molecule has 2 amide bonds. The summed E-state index contributed by atoms with van der Waals surface area (Å²) in [5, 5.41) is 3.32. The number of aromatic nitrogens is 2. The molecule has 30 heavy (non-hydrogen) atoms. The van der Waals surface area contributed by atoms with E-state index in [-0.39, 0.29) is 0 Å². The maximum absolute atomic E-state index is 12.9. The molecule has 0 unspecified atom stereocenters. The summed E-state index contributed by atoms with van der Waals surface area (Å²) < 4.78 is 7.42. The molecule has 0 atom stereocenters. The zero-order chi connectivity index (χ0) is 20.7. The number of hydrogen-bond donors (Lipinski definition) is 1. The maximum atomic E-state index is 12.9. The second-order valence-electron chi connectivity index (χ2n) is 6.87. The number of pyridine rings is 1. The van der Waals surface area contributed by atoms with Gasteiger partial charge in [0.2, 0.25) is 0 Å². The Labute approximate surface area is 172 Å². The molecule has 0 spiro atoms. The van der Waals surface area contributed by atoms with E-state index in [2.05, 4.69) is 10.3 Å². The van der Waals surface area contributed by atoms with Crippen molar-refractivity contribution in [3.63, 3.8) is 0 Å². The Morgan fingerprint density at radius 3 is 2.37 bits per heavy atom. The number of amides is 2. The molecule has 6 nitrogen and oxygen atoms in total. The monoisotopic (exact) mass is 395 g/mol. The Balaban J connectivity index is 1.83. The minimum absolute atomic E-state index is 0.312. The Morgan fingerprint density at radius 1 is 0.867 bits per heavy atom. The van der Waals surface area contributed by atoms with Gasteiger partial charge in [-0.25, -0.2) is 0 Å². The van der Waals surface area contributed by atoms with Gasteiger partial charge in [0.25, 0.3) is 11.8 Å². The second-order valence-corrected chi connectivity index (χ2v) is 6.87. The van der Waals surface area contributed by atoms with E-state index >= 15 is 0 Å². The van der Waals surface area contributed by atoms with Gasteiger partial charge in [-0.1, -0.05) is 36.4 Å². The molecule has 0 fully saturated rings. The average Bonchev–Trinajstić information content (AvgIpc) is 3.30. The van der Waals surface area contributed by atoms with Crippen molar-refractivity contribution in [3.05, 3.63) is 90.4 Å². The minimum atomic E-state index is -0.433. The van der Waals surface area contributed by atoms with Gasteiger partial charge in [0.15, 0.2) is 0 Å². The highest BCUT2D eigenvalue weighted by molar-refractivity contribution is 6.50. The van der Waals surface area contributed by atoms with Gasteiger partial charge in [0.05, 0.1) is 35.7 Å². The van der Waals surface area contributed by atoms with Gasteiger partial charge in [0.1, 0.15) is 5.75 Å². The van der Waals surface area contributed by atoms with E-state index in [4.69, 9.17) is 4.74 Å². The molecule has 1 aliphatic rings. The van der Waals surface area contributed by atoms with Gasteiger partial charge >= 0.3 is 0 Å². The summed E-state index contributed by atoms with van der Waals surface area (Å²) in [5.74, 6) is -0.321. The van der Waals surface area contributed by atoms with Crippen molar-refractivity contribution in [3.8, 4) is 11.4 Å². The number of rotatable bonds is 4. The summed E-state index contributed by atoms with van der Waals surface area (Å²) in [4.78, 5) is 29.9. The maximum Gasteiger partial charge on any atom is 0.259 e. The molecule has 1 aliphatic heterocycles. The molecule has 0 radical (unpaired) electrons. The molecule has 0 saturated heterocycles. The molecule has 3 heterocycles. The number of carbonyl (C=O) groups is 2. The van der Waals surface area contributed by atoms with Crippen LogP contribution in [0.1, 0.15) is 11.1 Å². The summed E-state index contributed by atoms with van der Waals surface area (Å²) >= 11 is 0. The lowest BCUT2D eigenvalue weighted by molar-refractivity contribution is -0.122. The average molecular weight is 395 g/mol. The Hall–Kier alpha value is -4.19. The Morgan fingerprint density at radius 2 is 1.60 bits per heavy atom. The number of para-hydroxylation sites is 2. The van der Waals surface area contributed by atoms with Crippen LogP contribution in [0.4, 0.5) is 0 Å². The van der Waals surface area contributed by atoms with Crippen LogP contribution in [-0.4, -0.2) is 28.5 Å². The fraction of sp³-hybridized carbons (Fsp3) is 0.0417. The number of nitrogens with one attached hydrogen (secondary N) is 1. The van der Waals surface area contributed by atoms with Gasteiger partial charge in [-0.05, 0) is 24.3 Å². The molecule has 0 bridgehead atoms. The highest BCUT2D eigenvalue weighted by atomic mass is 16.5. The van der Waals surface area contributed by atoms with Gasteiger partial charge in [-0.15, -0.1) is 0 Å². The summed E-state index contributed by atoms with van der Waals surface area (Å²) in [6.45, 7) is 0. The molecule has 0 aliphatic carbocycles. The van der Waals surface area contributed by atoms with Crippen molar-refractivity contribution in [2.75, 3.05) is 7.11 Å². The number of methoxy groups -OCH3 is 1. The standard InChI is InChI=1S/C24H17N3O3/c1-30-20-11-5-3-9-17(20)21-22(24(29)26-23(21)28)18-14-27(15-7-6-12-25-13-15)19-10-4-2-8-16(18)19/h2-14H,1H3,(H,26,28,29). The number of carbonyl (C=O) groups excluding carboxylic acids is 2. The van der Waals surface area contributed by atoms with E-state index < -0.39 is 11.8 Å². The first-order valence-electron chi connectivity index (χ1n) is 9.43. The molecule has 1 N–H and O–H groups in total. The zero-order valence-corrected chi connectivity index (χ0v) is 16.1. The largest absolute Gasteiger partial charge is 0.496 e. The van der Waals surface area contributed by atoms with Crippen molar-refractivity contribution in [2.45, 2.75) is 0 Å². The predicted molar refractivity (Wildman–Crippen MR) is 114 cm³/mol. The van der Waals surface area contributed by atoms with E-state index in [1.54, 1.807) is 31.6 Å². The first-order chi connectivity index (χ1) is 14.7. The number of ether oxygens (including phenoxy) is 1. The number of hydrogen-bond acceptors (Lipinski definition) is 4. The summed E-state index contributed by atoms with van der Waals surface area (Å²) in [5.41, 5.74) is 3.69. The van der Waals surface area contributed by atoms with Crippen LogP contribution in [0.25, 0.3) is 27.7 Å². The lowest BCUT2D eigenvalue weighted by Crippen LogP contribution is -2.22. The summed E-state index contributed by atoms with van der Waals surface area (Å²) in [7, 11) is 1.54. The minimum Gasteiger partial charge on any atom is -0.496 e. The second kappa shape index (κ2) is 7.00. The Kier molecular flexibility index (Phi) is 4.17. The van der Waals surface area contributed by atoms with Gasteiger partial charge in [-0.2, -0.15) is 0 Å². The molecule has 0 saturated carbocycles. The summed E-state index contributed by atoms with van der Waals surface area (Å²) in [6.07, 6.45) is 5.34. The van der Waals surface area contributed by atoms with E-state index in [9.17, 15) is 9.59 Å². The fourth-order valence-electron chi connectivity index (χ4n) is 3.91. The first-order valence-corrected chi connectivity index (χ1v) is 9.43. The van der Waals surface area contributed by atoms with Crippen molar-refractivity contribution in [2.24, 2.45) is 0 Å². The topological polar surface area (TPSA) is 73.2 Å². The molecule has 6 heteroatoms. The first kappa shape index (κ1) is 17.9. The van der Waals surface area contributed by atoms with E-state index in [1.807, 2.05) is 59.3 Å². The van der Waals surface area contributed by atoms with Crippen LogP contribution in [0.3, 0.4) is 0 Å². The molecular weight excluding hydrogens is 378 g/mol. The van der Waals surface area contributed by atoms with Crippen molar-refractivity contribution in [1.82, 2.24) is 14.9 Å². The van der Waals surface area contributed by atoms with E-state index in [0.717, 1.165) is 16.6 Å². The number of imide groups is 1. The third-order valence-corrected chi connectivity index (χ3v) is 5.21. The van der Waals surface area contributed by atoms with Crippen LogP contribution >= 0.6 is 0 Å². The van der Waals surface area contributed by atoms with Crippen molar-refractivity contribution < 1.29 is 14.3 Å². The Bertz CT molecular complexity index is 1340. The quantitative estimate of drug-likeness (QED) is 0.536. The van der Waals surface area contributed by atoms with Gasteiger partial charge in [0, 0.05) is 28.9 Å². The number of nitrogens with zero attached hydrogens (tertiary/aromatic N) is 2. The summed E-state index contributed by atoms with van der Waals surface area (Å²) in [6, 6.07) is 18.8. The van der Waals surface area contributed by atoms with Gasteiger partial charge in [-0.3, -0.25) is 19.9 Å². The smallest absolute Gasteiger partial charge is 0.259 e. The zero-order valence-electron chi connectivity index (χ0n) is 16.1. The third kappa shape index (κ3) is 2.69. The van der Waals surface area contributed by atoms with Crippen LogP contribution in [0, 0.1) is 0 Å². The highest BCUT2D eigenvalue weighted by Gasteiger charge is 2.35. The lowest BCUT2D eigenvalue weighted by atomic mass is 9.95. The highest BCUT2D eigenvalue weighted by Crippen LogP contribution is 2.39. The van der Waals surface area contributed by atoms with Gasteiger partial charge < -0.3 is 9.30 Å². The molecular formula is C24H17N3O3.